The third-order valence-electron chi connectivity index (χ3n) is 3.06. The van der Waals surface area contributed by atoms with Crippen molar-refractivity contribution in [2.75, 3.05) is 13.7 Å². The number of methoxy groups -OCH3 is 1. The molecule has 0 aliphatic heterocycles. The van der Waals surface area contributed by atoms with Crippen molar-refractivity contribution in [3.8, 4) is 0 Å². The van der Waals surface area contributed by atoms with E-state index in [2.05, 4.69) is 10.1 Å². The van der Waals surface area contributed by atoms with Gasteiger partial charge in [0.15, 0.2) is 0 Å². The molecule has 0 spiro atoms. The summed E-state index contributed by atoms with van der Waals surface area (Å²) < 4.78 is 4.54. The number of hydrogen-bond donors (Lipinski definition) is 2. The summed E-state index contributed by atoms with van der Waals surface area (Å²) in [6.07, 6.45) is 5.86. The van der Waals surface area contributed by atoms with Crippen LogP contribution in [-0.4, -0.2) is 31.1 Å². The molecule has 1 rings (SSSR count). The Morgan fingerprint density at radius 1 is 1.22 bits per heavy atom. The van der Waals surface area contributed by atoms with E-state index in [9.17, 15) is 9.59 Å². The second-order valence-corrected chi connectivity index (χ2v) is 4.65. The van der Waals surface area contributed by atoms with E-state index in [1.165, 1.54) is 7.11 Å². The van der Waals surface area contributed by atoms with Gasteiger partial charge in [0, 0.05) is 13.0 Å². The number of esters is 1. The molecular weight excluding hydrogens is 256 g/mol. The number of nitrogens with one attached hydrogen (secondary N) is 1. The number of unbranched alkanes of at least 4 members (excludes halogenated alkanes) is 3. The highest BCUT2D eigenvalue weighted by molar-refractivity contribution is 5.88. The molecule has 106 valence electrons. The van der Waals surface area contributed by atoms with Gasteiger partial charge in [-0.25, -0.2) is 0 Å². The zero-order valence-corrected chi connectivity index (χ0v) is 11.7. The third kappa shape index (κ3) is 6.21. The van der Waals surface area contributed by atoms with Crippen LogP contribution in [0.4, 0.5) is 0 Å². The molecule has 0 bridgehead atoms. The van der Waals surface area contributed by atoms with E-state index in [0.29, 0.717) is 13.0 Å². The quantitative estimate of drug-likeness (QED) is 0.515. The molecule has 0 heterocycles. The van der Waals surface area contributed by atoms with Crippen molar-refractivity contribution in [1.82, 2.24) is 5.32 Å². The van der Waals surface area contributed by atoms with Crippen molar-refractivity contribution in [1.29, 1.82) is 0 Å². The molecule has 0 aromatic heterocycles. The van der Waals surface area contributed by atoms with Gasteiger partial charge in [0.05, 0.1) is 12.6 Å². The van der Waals surface area contributed by atoms with Gasteiger partial charge in [0.25, 0.3) is 0 Å². The lowest BCUT2D eigenvalue weighted by atomic mass is 10.1. The fourth-order valence-electron chi connectivity index (χ4n) is 1.59. The van der Waals surface area contributed by atoms with Crippen LogP contribution in [0.15, 0.2) is 0 Å². The molecule has 0 unspecified atom stereocenters. The van der Waals surface area contributed by atoms with Crippen LogP contribution in [0.25, 0.3) is 0 Å². The van der Waals surface area contributed by atoms with Crippen LogP contribution in [0.3, 0.4) is 0 Å². The number of hydrogen-bond acceptors (Lipinski definition) is 4. The average molecular weight is 279 g/mol. The van der Waals surface area contributed by atoms with Gasteiger partial charge < -0.3 is 15.8 Å². The Balaban J connectivity index is 0.00000289. The normalized spacial score (nSPS) is 15.4. The average Bonchev–Trinajstić information content (AvgIpc) is 3.06. The predicted molar refractivity (Wildman–Crippen MR) is 71.5 cm³/mol. The molecule has 1 fully saturated rings. The standard InChI is InChI=1S/C12H22N2O3.ClH/c1-17-10(15)6-4-2-3-5-9-14-11(16)12(13)7-8-12;/h2-9,13H2,1H3,(H,14,16);1H. The van der Waals surface area contributed by atoms with Gasteiger partial charge in [0.2, 0.25) is 5.91 Å². The Kier molecular flexibility index (Phi) is 7.95. The Labute approximate surface area is 114 Å². The molecule has 1 saturated carbocycles. The van der Waals surface area contributed by atoms with Crippen LogP contribution in [0.2, 0.25) is 0 Å². The van der Waals surface area contributed by atoms with E-state index in [4.69, 9.17) is 5.73 Å². The number of halogens is 1. The first-order chi connectivity index (χ1) is 8.08. The first kappa shape index (κ1) is 17.2. The summed E-state index contributed by atoms with van der Waals surface area (Å²) >= 11 is 0. The maximum Gasteiger partial charge on any atom is 0.305 e. The van der Waals surface area contributed by atoms with E-state index < -0.39 is 5.54 Å². The molecule has 0 radical (unpaired) electrons. The van der Waals surface area contributed by atoms with E-state index in [1.807, 2.05) is 0 Å². The lowest BCUT2D eigenvalue weighted by molar-refractivity contribution is -0.140. The summed E-state index contributed by atoms with van der Waals surface area (Å²) in [4.78, 5) is 22.3. The molecule has 1 aliphatic rings. The van der Waals surface area contributed by atoms with Gasteiger partial charge in [-0.3, -0.25) is 9.59 Å². The van der Waals surface area contributed by atoms with Crippen LogP contribution < -0.4 is 11.1 Å². The SMILES string of the molecule is COC(=O)CCCCCCNC(=O)C1(N)CC1.Cl. The van der Waals surface area contributed by atoms with E-state index in [-0.39, 0.29) is 24.3 Å². The Morgan fingerprint density at radius 2 is 1.83 bits per heavy atom. The van der Waals surface area contributed by atoms with E-state index >= 15 is 0 Å². The van der Waals surface area contributed by atoms with Crippen molar-refractivity contribution in [3.63, 3.8) is 0 Å². The Hall–Kier alpha value is -0.810. The summed E-state index contributed by atoms with van der Waals surface area (Å²) in [6.45, 7) is 0.677. The summed E-state index contributed by atoms with van der Waals surface area (Å²) in [6, 6.07) is 0. The van der Waals surface area contributed by atoms with Crippen LogP contribution in [-0.2, 0) is 14.3 Å². The predicted octanol–water partition coefficient (Wildman–Crippen LogP) is 1.14. The lowest BCUT2D eigenvalue weighted by Gasteiger charge is -2.09. The van der Waals surface area contributed by atoms with Gasteiger partial charge in [-0.15, -0.1) is 12.4 Å². The number of amides is 1. The van der Waals surface area contributed by atoms with Gasteiger partial charge in [0.1, 0.15) is 0 Å². The third-order valence-corrected chi connectivity index (χ3v) is 3.06. The fourth-order valence-corrected chi connectivity index (χ4v) is 1.59. The zero-order chi connectivity index (χ0) is 12.7. The highest BCUT2D eigenvalue weighted by Crippen LogP contribution is 2.31. The van der Waals surface area contributed by atoms with Gasteiger partial charge in [-0.2, -0.15) is 0 Å². The minimum atomic E-state index is -0.565. The molecular formula is C12H23ClN2O3. The van der Waals surface area contributed by atoms with Crippen molar-refractivity contribution < 1.29 is 14.3 Å². The molecule has 3 N–H and O–H groups in total. The Morgan fingerprint density at radius 3 is 2.39 bits per heavy atom. The number of carbonyl (C=O) groups excluding carboxylic acids is 2. The molecule has 1 amide bonds. The van der Waals surface area contributed by atoms with Crippen molar-refractivity contribution >= 4 is 24.3 Å². The summed E-state index contributed by atoms with van der Waals surface area (Å²) in [5.41, 5.74) is 5.17. The van der Waals surface area contributed by atoms with Crippen LogP contribution in [0.5, 0.6) is 0 Å². The zero-order valence-electron chi connectivity index (χ0n) is 10.9. The molecule has 6 heteroatoms. The fraction of sp³-hybridized carbons (Fsp3) is 0.833. The molecule has 18 heavy (non-hydrogen) atoms. The largest absolute Gasteiger partial charge is 0.469 e. The maximum absolute atomic E-state index is 11.4. The molecule has 0 saturated heterocycles. The topological polar surface area (TPSA) is 81.4 Å². The number of carbonyl (C=O) groups is 2. The van der Waals surface area contributed by atoms with Crippen LogP contribution in [0.1, 0.15) is 44.9 Å². The number of rotatable bonds is 8. The second-order valence-electron chi connectivity index (χ2n) is 4.65. The van der Waals surface area contributed by atoms with Crippen molar-refractivity contribution in [2.24, 2.45) is 5.73 Å². The molecule has 0 atom stereocenters. The molecule has 0 aromatic rings. The summed E-state index contributed by atoms with van der Waals surface area (Å²) in [7, 11) is 1.40. The second kappa shape index (κ2) is 8.32. The first-order valence-electron chi connectivity index (χ1n) is 6.22. The van der Waals surface area contributed by atoms with Crippen LogP contribution in [0, 0.1) is 0 Å². The minimum absolute atomic E-state index is 0. The number of ether oxygens (including phenoxy) is 1. The lowest BCUT2D eigenvalue weighted by Crippen LogP contribution is -2.42. The van der Waals surface area contributed by atoms with E-state index in [0.717, 1.165) is 38.5 Å². The van der Waals surface area contributed by atoms with Gasteiger partial charge >= 0.3 is 5.97 Å². The highest BCUT2D eigenvalue weighted by Gasteiger charge is 2.45. The smallest absolute Gasteiger partial charge is 0.305 e. The van der Waals surface area contributed by atoms with Gasteiger partial charge in [-0.05, 0) is 25.7 Å². The Bertz CT molecular complexity index is 280. The van der Waals surface area contributed by atoms with Crippen molar-refractivity contribution in [3.05, 3.63) is 0 Å². The van der Waals surface area contributed by atoms with Crippen molar-refractivity contribution in [2.45, 2.75) is 50.5 Å². The molecule has 0 aromatic carbocycles. The van der Waals surface area contributed by atoms with Crippen LogP contribution >= 0.6 is 12.4 Å². The highest BCUT2D eigenvalue weighted by atomic mass is 35.5. The van der Waals surface area contributed by atoms with E-state index in [1.54, 1.807) is 0 Å². The first-order valence-corrected chi connectivity index (χ1v) is 6.22. The summed E-state index contributed by atoms with van der Waals surface area (Å²) in [5, 5.41) is 2.84. The molecule has 5 nitrogen and oxygen atoms in total. The van der Waals surface area contributed by atoms with Gasteiger partial charge in [-0.1, -0.05) is 12.8 Å². The maximum atomic E-state index is 11.4. The molecule has 1 aliphatic carbocycles. The minimum Gasteiger partial charge on any atom is -0.469 e. The number of nitrogens with two attached hydrogens (primary N) is 1. The summed E-state index contributed by atoms with van der Waals surface area (Å²) in [5.74, 6) is -0.177. The monoisotopic (exact) mass is 278 g/mol.